The summed E-state index contributed by atoms with van der Waals surface area (Å²) in [5.41, 5.74) is 1.40. The molecule has 180 valence electrons. The van der Waals surface area contributed by atoms with E-state index in [1.807, 2.05) is 17.4 Å². The second-order valence-electron chi connectivity index (χ2n) is 7.30. The Labute approximate surface area is 197 Å². The van der Waals surface area contributed by atoms with Crippen molar-refractivity contribution in [2.24, 2.45) is 0 Å². The number of carbonyl (C=O) groups excluding carboxylic acids is 3. The molecule has 2 aromatic carbocycles. The van der Waals surface area contributed by atoms with Gasteiger partial charge in [-0.15, -0.1) is 6.58 Å². The second kappa shape index (κ2) is 10.8. The number of ether oxygens (including phenoxy) is 2. The molecule has 0 radical (unpaired) electrons. The quantitative estimate of drug-likeness (QED) is 0.430. The van der Waals surface area contributed by atoms with E-state index < -0.39 is 34.5 Å². The highest BCUT2D eigenvalue weighted by molar-refractivity contribution is 7.93. The van der Waals surface area contributed by atoms with Crippen LogP contribution in [0, 0.1) is 0 Å². The lowest BCUT2D eigenvalue weighted by molar-refractivity contribution is -0.123. The molecule has 1 aliphatic rings. The molecule has 0 saturated carbocycles. The van der Waals surface area contributed by atoms with Crippen molar-refractivity contribution in [3.63, 3.8) is 0 Å². The third-order valence-electron chi connectivity index (χ3n) is 5.03. The van der Waals surface area contributed by atoms with E-state index in [1.54, 1.807) is 12.1 Å². The number of hydrogen-bond acceptors (Lipinski definition) is 7. The number of amides is 3. The van der Waals surface area contributed by atoms with E-state index in [0.29, 0.717) is 12.1 Å². The zero-order chi connectivity index (χ0) is 24.7. The van der Waals surface area contributed by atoms with Crippen LogP contribution in [0.25, 0.3) is 0 Å². The normalized spacial score (nSPS) is 12.8. The van der Waals surface area contributed by atoms with Gasteiger partial charge < -0.3 is 14.8 Å². The summed E-state index contributed by atoms with van der Waals surface area (Å²) in [6, 6.07) is 10.3. The first-order valence-electron chi connectivity index (χ1n) is 10.4. The molecule has 10 nitrogen and oxygen atoms in total. The maximum atomic E-state index is 13.6. The van der Waals surface area contributed by atoms with Crippen molar-refractivity contribution in [1.29, 1.82) is 0 Å². The van der Waals surface area contributed by atoms with Gasteiger partial charge >= 0.3 is 12.0 Å². The first-order chi connectivity index (χ1) is 16.3. The van der Waals surface area contributed by atoms with Gasteiger partial charge in [-0.3, -0.25) is 14.4 Å². The third kappa shape index (κ3) is 5.54. The number of urea groups is 1. The topological polar surface area (TPSA) is 131 Å². The van der Waals surface area contributed by atoms with Gasteiger partial charge in [-0.1, -0.05) is 24.3 Å². The molecule has 3 rings (SSSR count). The monoisotopic (exact) mass is 487 g/mol. The first kappa shape index (κ1) is 24.8. The smallest absolute Gasteiger partial charge is 0.338 e. The number of benzene rings is 2. The largest absolute Gasteiger partial charge is 0.495 e. The molecule has 1 heterocycles. The van der Waals surface area contributed by atoms with Gasteiger partial charge in [0, 0.05) is 13.1 Å². The van der Waals surface area contributed by atoms with E-state index in [0.717, 1.165) is 18.1 Å². The fourth-order valence-corrected chi connectivity index (χ4v) is 5.18. The van der Waals surface area contributed by atoms with Crippen LogP contribution in [0.1, 0.15) is 22.3 Å². The predicted molar refractivity (Wildman–Crippen MR) is 124 cm³/mol. The van der Waals surface area contributed by atoms with Crippen molar-refractivity contribution in [2.45, 2.75) is 17.7 Å². The summed E-state index contributed by atoms with van der Waals surface area (Å²) in [5, 5.41) is 4.33. The number of anilines is 1. The minimum Gasteiger partial charge on any atom is -0.495 e. The summed E-state index contributed by atoms with van der Waals surface area (Å²) < 4.78 is 38.6. The van der Waals surface area contributed by atoms with Gasteiger partial charge in [-0.2, -0.15) is 0 Å². The van der Waals surface area contributed by atoms with Crippen molar-refractivity contribution in [3.8, 4) is 5.75 Å². The number of hydrogen-bond donors (Lipinski definition) is 2. The number of methoxy groups -OCH3 is 1. The molecule has 1 aliphatic heterocycles. The minimum absolute atomic E-state index is 0.0660. The molecule has 2 aromatic rings. The van der Waals surface area contributed by atoms with Crippen molar-refractivity contribution >= 4 is 33.6 Å². The zero-order valence-corrected chi connectivity index (χ0v) is 19.4. The zero-order valence-electron chi connectivity index (χ0n) is 18.6. The van der Waals surface area contributed by atoms with Crippen molar-refractivity contribution < 1.29 is 32.3 Å². The number of nitrogens with one attached hydrogen (secondary N) is 2. The number of imide groups is 1. The van der Waals surface area contributed by atoms with Gasteiger partial charge in [0.2, 0.25) is 0 Å². The van der Waals surface area contributed by atoms with Crippen LogP contribution in [0.15, 0.2) is 60.0 Å². The highest BCUT2D eigenvalue weighted by Crippen LogP contribution is 2.35. The van der Waals surface area contributed by atoms with Crippen LogP contribution in [0.2, 0.25) is 0 Å². The van der Waals surface area contributed by atoms with Gasteiger partial charge in [-0.05, 0) is 42.7 Å². The van der Waals surface area contributed by atoms with E-state index in [9.17, 15) is 22.8 Å². The lowest BCUT2D eigenvalue weighted by Crippen LogP contribution is -2.41. The third-order valence-corrected chi connectivity index (χ3v) is 6.86. The van der Waals surface area contributed by atoms with Crippen LogP contribution in [0.4, 0.5) is 10.5 Å². The Morgan fingerprint density at radius 3 is 2.68 bits per heavy atom. The highest BCUT2D eigenvalue weighted by atomic mass is 32.2. The van der Waals surface area contributed by atoms with Crippen molar-refractivity contribution in [2.75, 3.05) is 31.1 Å². The molecule has 0 spiro atoms. The number of esters is 1. The molecule has 0 saturated heterocycles. The average Bonchev–Trinajstić information content (AvgIpc) is 2.85. The van der Waals surface area contributed by atoms with Crippen LogP contribution in [0.5, 0.6) is 5.75 Å². The molecule has 0 aliphatic carbocycles. The predicted octanol–water partition coefficient (Wildman–Crippen LogP) is 2.01. The highest BCUT2D eigenvalue weighted by Gasteiger charge is 2.32. The summed E-state index contributed by atoms with van der Waals surface area (Å²) in [6.07, 6.45) is 2.84. The molecule has 0 unspecified atom stereocenters. The summed E-state index contributed by atoms with van der Waals surface area (Å²) in [4.78, 5) is 35.6. The summed E-state index contributed by atoms with van der Waals surface area (Å²) in [6.45, 7) is 3.14. The average molecular weight is 488 g/mol. The maximum absolute atomic E-state index is 13.6. The lowest BCUT2D eigenvalue weighted by Gasteiger charge is -2.30. The second-order valence-corrected chi connectivity index (χ2v) is 9.13. The van der Waals surface area contributed by atoms with Crippen LogP contribution in [-0.4, -0.2) is 53.1 Å². The molecule has 0 atom stereocenters. The van der Waals surface area contributed by atoms with Gasteiger partial charge in [0.1, 0.15) is 10.6 Å². The SMILES string of the molecule is C=CCNC(=O)NC(=O)COC(=O)c1ccc(OC)c(S(=O)(=O)N2CCCc3ccccc32)c1. The molecule has 0 aromatic heterocycles. The lowest BCUT2D eigenvalue weighted by atomic mass is 10.0. The molecular weight excluding hydrogens is 462 g/mol. The Morgan fingerprint density at radius 2 is 1.94 bits per heavy atom. The van der Waals surface area contributed by atoms with E-state index >= 15 is 0 Å². The van der Waals surface area contributed by atoms with Crippen molar-refractivity contribution in [3.05, 3.63) is 66.2 Å². The molecular formula is C23H25N3O7S. The first-order valence-corrected chi connectivity index (χ1v) is 11.9. The van der Waals surface area contributed by atoms with Gasteiger partial charge in [0.25, 0.3) is 15.9 Å². The summed E-state index contributed by atoms with van der Waals surface area (Å²) in [5.74, 6) is -1.71. The maximum Gasteiger partial charge on any atom is 0.338 e. The molecule has 0 fully saturated rings. The van der Waals surface area contributed by atoms with E-state index in [2.05, 4.69) is 11.9 Å². The van der Waals surface area contributed by atoms with E-state index in [-0.39, 0.29) is 29.3 Å². The van der Waals surface area contributed by atoms with Gasteiger partial charge in [0.05, 0.1) is 18.4 Å². The number of carbonyl (C=O) groups is 3. The summed E-state index contributed by atoms with van der Waals surface area (Å²) >= 11 is 0. The molecule has 34 heavy (non-hydrogen) atoms. The van der Waals surface area contributed by atoms with Crippen LogP contribution in [0.3, 0.4) is 0 Å². The number of rotatable bonds is 8. The van der Waals surface area contributed by atoms with Crippen LogP contribution >= 0.6 is 0 Å². The minimum atomic E-state index is -4.07. The van der Waals surface area contributed by atoms with Gasteiger partial charge in [-0.25, -0.2) is 18.0 Å². The molecule has 11 heteroatoms. The Morgan fingerprint density at radius 1 is 1.18 bits per heavy atom. The number of sulfonamides is 1. The standard InChI is InChI=1S/C23H25N3O7S/c1-3-12-24-23(29)25-21(27)15-33-22(28)17-10-11-19(32-2)20(14-17)34(30,31)26-13-6-8-16-7-4-5-9-18(16)26/h3-5,7,9-11,14H,1,6,8,12-13,15H2,2H3,(H2,24,25,27,29). The fourth-order valence-electron chi connectivity index (χ4n) is 3.46. The number of aryl methyl sites for hydroxylation is 1. The van der Waals surface area contributed by atoms with Crippen molar-refractivity contribution in [1.82, 2.24) is 10.6 Å². The molecule has 0 bridgehead atoms. The summed E-state index contributed by atoms with van der Waals surface area (Å²) in [7, 11) is -2.74. The fraction of sp³-hybridized carbons (Fsp3) is 0.261. The Balaban J connectivity index is 1.80. The van der Waals surface area contributed by atoms with E-state index in [1.165, 1.54) is 29.6 Å². The Kier molecular flexibility index (Phi) is 7.90. The molecule has 2 N–H and O–H groups in total. The Hall–Kier alpha value is -3.86. The number of fused-ring (bicyclic) bond motifs is 1. The van der Waals surface area contributed by atoms with Gasteiger partial charge in [0.15, 0.2) is 6.61 Å². The Bertz CT molecular complexity index is 1210. The number of para-hydroxylation sites is 1. The number of nitrogens with zero attached hydrogens (tertiary/aromatic N) is 1. The van der Waals surface area contributed by atoms with E-state index in [4.69, 9.17) is 9.47 Å². The van der Waals surface area contributed by atoms with Crippen LogP contribution in [-0.2, 0) is 26.0 Å². The van der Waals surface area contributed by atoms with Crippen LogP contribution < -0.4 is 19.7 Å². The molecule has 3 amide bonds.